The van der Waals surface area contributed by atoms with Gasteiger partial charge in [0.25, 0.3) is 5.91 Å². The maximum Gasteiger partial charge on any atom is 0.329 e. The molecule has 2 aromatic carbocycles. The van der Waals surface area contributed by atoms with Crippen molar-refractivity contribution in [3.63, 3.8) is 0 Å². The van der Waals surface area contributed by atoms with Gasteiger partial charge >= 0.3 is 5.97 Å². The van der Waals surface area contributed by atoms with E-state index in [9.17, 15) is 9.59 Å². The molecule has 6 nitrogen and oxygen atoms in total. The number of nitrogens with one attached hydrogen (secondary N) is 1. The van der Waals surface area contributed by atoms with Gasteiger partial charge in [-0.3, -0.25) is 4.79 Å². The van der Waals surface area contributed by atoms with Crippen LogP contribution >= 0.6 is 0 Å². The lowest BCUT2D eigenvalue weighted by atomic mass is 10.1. The lowest BCUT2D eigenvalue weighted by Gasteiger charge is -2.17. The van der Waals surface area contributed by atoms with Crippen molar-refractivity contribution in [1.82, 2.24) is 5.32 Å². The number of carbonyl (C=O) groups excluding carboxylic acids is 2. The van der Waals surface area contributed by atoms with Crippen molar-refractivity contribution in [2.45, 2.75) is 19.1 Å². The Morgan fingerprint density at radius 3 is 2.50 bits per heavy atom. The van der Waals surface area contributed by atoms with Crippen LogP contribution in [0, 0.1) is 0 Å². The monoisotopic (exact) mass is 379 g/mol. The van der Waals surface area contributed by atoms with Crippen molar-refractivity contribution in [2.75, 3.05) is 7.11 Å². The summed E-state index contributed by atoms with van der Waals surface area (Å²) in [5.74, 6) is -0.171. The Hall–Kier alpha value is -3.54. The standard InChI is InChI=1S/C22H21NO5/c1-26-18-10-5-9-17(13-18)15-28-22(25)19(14-16-7-3-2-4-8-16)23-21(24)20-11-6-12-27-20/h2-13,19H,14-15H2,1H3,(H,23,24). The van der Waals surface area contributed by atoms with Gasteiger partial charge in [-0.05, 0) is 35.4 Å². The van der Waals surface area contributed by atoms with Crippen LogP contribution in [0.2, 0.25) is 0 Å². The largest absolute Gasteiger partial charge is 0.497 e. The Morgan fingerprint density at radius 2 is 1.79 bits per heavy atom. The van der Waals surface area contributed by atoms with Crippen LogP contribution in [0.5, 0.6) is 5.75 Å². The van der Waals surface area contributed by atoms with E-state index in [0.717, 1.165) is 11.1 Å². The predicted octanol–water partition coefficient (Wildman–Crippen LogP) is 3.37. The highest BCUT2D eigenvalue weighted by atomic mass is 16.5. The van der Waals surface area contributed by atoms with Gasteiger partial charge < -0.3 is 19.2 Å². The van der Waals surface area contributed by atoms with Crippen molar-refractivity contribution in [2.24, 2.45) is 0 Å². The maximum atomic E-state index is 12.7. The average Bonchev–Trinajstić information content (AvgIpc) is 3.27. The Balaban J connectivity index is 1.69. The zero-order valence-corrected chi connectivity index (χ0v) is 15.5. The number of hydrogen-bond acceptors (Lipinski definition) is 5. The third-order valence-corrected chi connectivity index (χ3v) is 4.13. The summed E-state index contributed by atoms with van der Waals surface area (Å²) in [4.78, 5) is 25.0. The molecule has 0 aliphatic heterocycles. The minimum absolute atomic E-state index is 0.0813. The first-order valence-corrected chi connectivity index (χ1v) is 8.83. The zero-order valence-electron chi connectivity index (χ0n) is 15.5. The third-order valence-electron chi connectivity index (χ3n) is 4.13. The van der Waals surface area contributed by atoms with Gasteiger partial charge in [0.1, 0.15) is 18.4 Å². The quantitative estimate of drug-likeness (QED) is 0.607. The normalized spacial score (nSPS) is 11.5. The number of rotatable bonds is 8. The van der Waals surface area contributed by atoms with E-state index in [2.05, 4.69) is 5.32 Å². The summed E-state index contributed by atoms with van der Waals surface area (Å²) in [6.07, 6.45) is 1.71. The van der Waals surface area contributed by atoms with E-state index in [4.69, 9.17) is 13.9 Å². The maximum absolute atomic E-state index is 12.7. The SMILES string of the molecule is COc1cccc(COC(=O)C(Cc2ccccc2)NC(=O)c2ccco2)c1. The van der Waals surface area contributed by atoms with Crippen molar-refractivity contribution in [3.05, 3.63) is 89.9 Å². The van der Waals surface area contributed by atoms with Crippen LogP contribution in [-0.2, 0) is 22.6 Å². The van der Waals surface area contributed by atoms with E-state index in [0.29, 0.717) is 12.2 Å². The fourth-order valence-electron chi connectivity index (χ4n) is 2.70. The highest BCUT2D eigenvalue weighted by molar-refractivity contribution is 5.94. The first-order valence-electron chi connectivity index (χ1n) is 8.83. The lowest BCUT2D eigenvalue weighted by Crippen LogP contribution is -2.43. The molecule has 0 bridgehead atoms. The second-order valence-corrected chi connectivity index (χ2v) is 6.15. The van der Waals surface area contributed by atoms with Crippen LogP contribution < -0.4 is 10.1 Å². The van der Waals surface area contributed by atoms with E-state index in [-0.39, 0.29) is 12.4 Å². The number of benzene rings is 2. The molecular weight excluding hydrogens is 358 g/mol. The number of ether oxygens (including phenoxy) is 2. The fraction of sp³-hybridized carbons (Fsp3) is 0.182. The van der Waals surface area contributed by atoms with E-state index >= 15 is 0 Å². The average molecular weight is 379 g/mol. The van der Waals surface area contributed by atoms with Crippen molar-refractivity contribution >= 4 is 11.9 Å². The van der Waals surface area contributed by atoms with E-state index in [1.54, 1.807) is 19.2 Å². The van der Waals surface area contributed by atoms with Crippen molar-refractivity contribution < 1.29 is 23.5 Å². The molecule has 1 amide bonds. The molecule has 1 atom stereocenters. The number of furan rings is 1. The van der Waals surface area contributed by atoms with Gasteiger partial charge in [-0.2, -0.15) is 0 Å². The Morgan fingerprint density at radius 1 is 1.00 bits per heavy atom. The Kier molecular flexibility index (Phi) is 6.46. The number of methoxy groups -OCH3 is 1. The minimum Gasteiger partial charge on any atom is -0.497 e. The van der Waals surface area contributed by atoms with Crippen molar-refractivity contribution in [1.29, 1.82) is 0 Å². The zero-order chi connectivity index (χ0) is 19.8. The summed E-state index contributed by atoms with van der Waals surface area (Å²) in [6.45, 7) is 0.0813. The highest BCUT2D eigenvalue weighted by Crippen LogP contribution is 2.14. The number of carbonyl (C=O) groups is 2. The van der Waals surface area contributed by atoms with Gasteiger partial charge in [0, 0.05) is 6.42 Å². The summed E-state index contributed by atoms with van der Waals surface area (Å²) in [7, 11) is 1.57. The van der Waals surface area contributed by atoms with E-state index in [1.807, 2.05) is 48.5 Å². The summed E-state index contributed by atoms with van der Waals surface area (Å²) < 4.78 is 15.7. The molecule has 1 aromatic heterocycles. The van der Waals surface area contributed by atoms with E-state index < -0.39 is 17.9 Å². The van der Waals surface area contributed by atoms with Crippen LogP contribution in [-0.4, -0.2) is 25.0 Å². The summed E-state index contributed by atoms with van der Waals surface area (Å²) >= 11 is 0. The summed E-state index contributed by atoms with van der Waals surface area (Å²) in [6, 6.07) is 19.0. The first-order chi connectivity index (χ1) is 13.7. The van der Waals surface area contributed by atoms with Crippen LogP contribution in [0.1, 0.15) is 21.7 Å². The molecule has 3 rings (SSSR count). The Labute approximate surface area is 163 Å². The van der Waals surface area contributed by atoms with Crippen molar-refractivity contribution in [3.8, 4) is 5.75 Å². The molecule has 3 aromatic rings. The van der Waals surface area contributed by atoms with E-state index in [1.165, 1.54) is 12.3 Å². The van der Waals surface area contributed by atoms with Crippen LogP contribution in [0.15, 0.2) is 77.4 Å². The smallest absolute Gasteiger partial charge is 0.329 e. The van der Waals surface area contributed by atoms with Gasteiger partial charge in [0.15, 0.2) is 5.76 Å². The molecule has 28 heavy (non-hydrogen) atoms. The second kappa shape index (κ2) is 9.41. The molecule has 1 unspecified atom stereocenters. The van der Waals surface area contributed by atoms with Gasteiger partial charge in [0.05, 0.1) is 13.4 Å². The minimum atomic E-state index is -0.842. The molecule has 0 spiro atoms. The van der Waals surface area contributed by atoms with Gasteiger partial charge in [-0.25, -0.2) is 4.79 Å². The first kappa shape index (κ1) is 19.2. The third kappa shape index (κ3) is 5.23. The molecule has 1 heterocycles. The summed E-state index contributed by atoms with van der Waals surface area (Å²) in [5.41, 5.74) is 1.70. The molecular formula is C22H21NO5. The fourth-order valence-corrected chi connectivity index (χ4v) is 2.70. The van der Waals surface area contributed by atoms with Gasteiger partial charge in [-0.1, -0.05) is 42.5 Å². The summed E-state index contributed by atoms with van der Waals surface area (Å²) in [5, 5.41) is 2.69. The molecule has 0 saturated carbocycles. The number of esters is 1. The molecule has 6 heteroatoms. The number of amides is 1. The second-order valence-electron chi connectivity index (χ2n) is 6.15. The number of hydrogen-bond donors (Lipinski definition) is 1. The topological polar surface area (TPSA) is 77.8 Å². The molecule has 144 valence electrons. The van der Waals surface area contributed by atoms with Crippen LogP contribution in [0.3, 0.4) is 0 Å². The van der Waals surface area contributed by atoms with Gasteiger partial charge in [0.2, 0.25) is 0 Å². The predicted molar refractivity (Wildman–Crippen MR) is 103 cm³/mol. The Bertz CT molecular complexity index is 906. The van der Waals surface area contributed by atoms with Gasteiger partial charge in [-0.15, -0.1) is 0 Å². The highest BCUT2D eigenvalue weighted by Gasteiger charge is 2.24. The van der Waals surface area contributed by atoms with Crippen LogP contribution in [0.4, 0.5) is 0 Å². The molecule has 0 saturated heterocycles. The van der Waals surface area contributed by atoms with Crippen LogP contribution in [0.25, 0.3) is 0 Å². The molecule has 0 radical (unpaired) electrons. The molecule has 0 aliphatic rings. The molecule has 0 aliphatic carbocycles. The molecule has 1 N–H and O–H groups in total. The molecule has 0 fully saturated rings. The lowest BCUT2D eigenvalue weighted by molar-refractivity contribution is -0.147.